The highest BCUT2D eigenvalue weighted by molar-refractivity contribution is 6.01. The summed E-state index contributed by atoms with van der Waals surface area (Å²) >= 11 is 0. The molecule has 136 valence electrons. The van der Waals surface area contributed by atoms with Gasteiger partial charge in [-0.25, -0.2) is 14.1 Å². The summed E-state index contributed by atoms with van der Waals surface area (Å²) in [6, 6.07) is 11.2. The van der Waals surface area contributed by atoms with E-state index in [-0.39, 0.29) is 17.5 Å². The number of halogens is 1. The normalized spacial score (nSPS) is 10.9. The van der Waals surface area contributed by atoms with Crippen molar-refractivity contribution in [3.8, 4) is 0 Å². The maximum Gasteiger partial charge on any atom is 0.293 e. The lowest BCUT2D eigenvalue weighted by molar-refractivity contribution is 0.0993. The van der Waals surface area contributed by atoms with Crippen molar-refractivity contribution in [2.75, 3.05) is 5.32 Å². The van der Waals surface area contributed by atoms with Crippen molar-refractivity contribution in [3.05, 3.63) is 84.1 Å². The van der Waals surface area contributed by atoms with Crippen molar-refractivity contribution in [1.29, 1.82) is 0 Å². The fraction of sp³-hybridized carbons (Fsp3) is 0.111. The zero-order valence-electron chi connectivity index (χ0n) is 14.1. The number of hydrogen-bond donors (Lipinski definition) is 1. The summed E-state index contributed by atoms with van der Waals surface area (Å²) in [6.45, 7) is 0.850. The first-order valence-electron chi connectivity index (χ1n) is 8.17. The number of amides is 1. The standard InChI is InChI=1S/C18H15FN6O2/c19-14-4-2-13(3-5-14)10-25-12-20-18(23-25)22-17(26)16-7-6-15(27-16)11-24-9-1-8-21-24/h1-9,12H,10-11H2,(H,22,23,26). The Hall–Kier alpha value is -3.75. The molecule has 0 spiro atoms. The first kappa shape index (κ1) is 16.7. The van der Waals surface area contributed by atoms with E-state index in [1.807, 2.05) is 6.07 Å². The minimum atomic E-state index is -0.443. The molecule has 8 nitrogen and oxygen atoms in total. The van der Waals surface area contributed by atoms with E-state index in [2.05, 4.69) is 20.5 Å². The average molecular weight is 366 g/mol. The van der Waals surface area contributed by atoms with Gasteiger partial charge in [0.05, 0.1) is 13.1 Å². The van der Waals surface area contributed by atoms with Crippen molar-refractivity contribution in [2.24, 2.45) is 0 Å². The van der Waals surface area contributed by atoms with Gasteiger partial charge in [0.15, 0.2) is 5.76 Å². The Morgan fingerprint density at radius 1 is 1.11 bits per heavy atom. The summed E-state index contributed by atoms with van der Waals surface area (Å²) in [7, 11) is 0. The number of carbonyl (C=O) groups is 1. The first-order chi connectivity index (χ1) is 13.2. The number of nitrogens with one attached hydrogen (secondary N) is 1. The number of rotatable bonds is 6. The van der Waals surface area contributed by atoms with Crippen LogP contribution in [0.1, 0.15) is 21.9 Å². The van der Waals surface area contributed by atoms with Gasteiger partial charge in [0.2, 0.25) is 5.95 Å². The maximum atomic E-state index is 12.9. The van der Waals surface area contributed by atoms with Crippen LogP contribution >= 0.6 is 0 Å². The molecule has 9 heteroatoms. The van der Waals surface area contributed by atoms with Crippen LogP contribution < -0.4 is 5.32 Å². The van der Waals surface area contributed by atoms with E-state index in [9.17, 15) is 9.18 Å². The zero-order valence-corrected chi connectivity index (χ0v) is 14.1. The quantitative estimate of drug-likeness (QED) is 0.566. The average Bonchev–Trinajstić information content (AvgIpc) is 3.40. The van der Waals surface area contributed by atoms with Crippen LogP contribution in [0.3, 0.4) is 0 Å². The summed E-state index contributed by atoms with van der Waals surface area (Å²) in [6.07, 6.45) is 4.97. The third kappa shape index (κ3) is 4.09. The lowest BCUT2D eigenvalue weighted by atomic mass is 10.2. The van der Waals surface area contributed by atoms with Crippen molar-refractivity contribution in [3.63, 3.8) is 0 Å². The fourth-order valence-corrected chi connectivity index (χ4v) is 2.51. The number of carbonyl (C=O) groups excluding carboxylic acids is 1. The predicted molar refractivity (Wildman–Crippen MR) is 93.5 cm³/mol. The summed E-state index contributed by atoms with van der Waals surface area (Å²) in [5.74, 6) is 0.190. The van der Waals surface area contributed by atoms with E-state index in [4.69, 9.17) is 4.42 Å². The molecule has 3 aromatic heterocycles. The van der Waals surface area contributed by atoms with Crippen LogP contribution in [0, 0.1) is 5.82 Å². The number of benzene rings is 1. The SMILES string of the molecule is O=C(Nc1ncn(Cc2ccc(F)cc2)n1)c1ccc(Cn2cccn2)o1. The minimum absolute atomic E-state index is 0.159. The second kappa shape index (κ2) is 7.24. The number of nitrogens with zero attached hydrogens (tertiary/aromatic N) is 5. The molecule has 4 aromatic rings. The van der Waals surface area contributed by atoms with Crippen molar-refractivity contribution in [1.82, 2.24) is 24.5 Å². The molecule has 3 heterocycles. The molecule has 1 aromatic carbocycles. The number of anilines is 1. The van der Waals surface area contributed by atoms with Gasteiger partial charge in [0.1, 0.15) is 17.9 Å². The first-order valence-corrected chi connectivity index (χ1v) is 8.17. The van der Waals surface area contributed by atoms with Crippen LogP contribution in [0.4, 0.5) is 10.3 Å². The molecule has 27 heavy (non-hydrogen) atoms. The van der Waals surface area contributed by atoms with Crippen molar-refractivity contribution < 1.29 is 13.6 Å². The monoisotopic (exact) mass is 366 g/mol. The van der Waals surface area contributed by atoms with Gasteiger partial charge >= 0.3 is 0 Å². The summed E-state index contributed by atoms with van der Waals surface area (Å²) < 4.78 is 21.7. The predicted octanol–water partition coefficient (Wildman–Crippen LogP) is 2.56. The molecule has 0 saturated heterocycles. The Morgan fingerprint density at radius 2 is 1.96 bits per heavy atom. The molecule has 0 radical (unpaired) electrons. The Kier molecular flexibility index (Phi) is 4.48. The van der Waals surface area contributed by atoms with E-state index in [0.717, 1.165) is 5.56 Å². The van der Waals surface area contributed by atoms with Gasteiger partial charge in [-0.05, 0) is 35.9 Å². The number of furan rings is 1. The molecule has 0 atom stereocenters. The minimum Gasteiger partial charge on any atom is -0.454 e. The Labute approximate surface area is 153 Å². The van der Waals surface area contributed by atoms with Gasteiger partial charge in [-0.15, -0.1) is 5.10 Å². The van der Waals surface area contributed by atoms with Gasteiger partial charge < -0.3 is 4.42 Å². The molecule has 1 amide bonds. The summed E-state index contributed by atoms with van der Waals surface area (Å²) in [5, 5.41) is 10.9. The summed E-state index contributed by atoms with van der Waals surface area (Å²) in [5.41, 5.74) is 0.869. The largest absolute Gasteiger partial charge is 0.454 e. The van der Waals surface area contributed by atoms with Gasteiger partial charge in [0.25, 0.3) is 5.91 Å². The summed E-state index contributed by atoms with van der Waals surface area (Å²) in [4.78, 5) is 16.3. The third-order valence-electron chi connectivity index (χ3n) is 3.78. The highest BCUT2D eigenvalue weighted by atomic mass is 19.1. The fourth-order valence-electron chi connectivity index (χ4n) is 2.51. The van der Waals surface area contributed by atoms with Crippen molar-refractivity contribution in [2.45, 2.75) is 13.1 Å². The van der Waals surface area contributed by atoms with Gasteiger partial charge in [-0.2, -0.15) is 5.10 Å². The lowest BCUT2D eigenvalue weighted by Crippen LogP contribution is -2.12. The number of aromatic nitrogens is 5. The molecule has 0 fully saturated rings. The molecule has 0 aliphatic heterocycles. The van der Waals surface area contributed by atoms with Gasteiger partial charge in [-0.1, -0.05) is 12.1 Å². The Morgan fingerprint density at radius 3 is 2.74 bits per heavy atom. The Balaban J connectivity index is 1.38. The Bertz CT molecular complexity index is 1040. The van der Waals surface area contributed by atoms with Crippen LogP contribution in [0.2, 0.25) is 0 Å². The van der Waals surface area contributed by atoms with E-state index in [0.29, 0.717) is 18.8 Å². The van der Waals surface area contributed by atoms with Crippen LogP contribution in [0.5, 0.6) is 0 Å². The van der Waals surface area contributed by atoms with Crippen LogP contribution in [-0.2, 0) is 13.1 Å². The molecule has 0 unspecified atom stereocenters. The zero-order chi connectivity index (χ0) is 18.6. The van der Waals surface area contributed by atoms with Crippen molar-refractivity contribution >= 4 is 11.9 Å². The van der Waals surface area contributed by atoms with E-state index >= 15 is 0 Å². The molecule has 0 bridgehead atoms. The van der Waals surface area contributed by atoms with Crippen LogP contribution in [-0.4, -0.2) is 30.5 Å². The molecular formula is C18H15FN6O2. The highest BCUT2D eigenvalue weighted by Gasteiger charge is 2.14. The molecule has 4 rings (SSSR count). The molecule has 0 aliphatic rings. The van der Waals surface area contributed by atoms with Crippen LogP contribution in [0.15, 0.2) is 65.6 Å². The van der Waals surface area contributed by atoms with Crippen LogP contribution in [0.25, 0.3) is 0 Å². The third-order valence-corrected chi connectivity index (χ3v) is 3.78. The second-order valence-corrected chi connectivity index (χ2v) is 5.82. The second-order valence-electron chi connectivity index (χ2n) is 5.82. The van der Waals surface area contributed by atoms with Gasteiger partial charge in [0, 0.05) is 12.4 Å². The lowest BCUT2D eigenvalue weighted by Gasteiger charge is -2.01. The topological polar surface area (TPSA) is 90.8 Å². The molecular weight excluding hydrogens is 351 g/mol. The van der Waals surface area contributed by atoms with E-state index in [1.165, 1.54) is 18.5 Å². The molecule has 1 N–H and O–H groups in total. The smallest absolute Gasteiger partial charge is 0.293 e. The maximum absolute atomic E-state index is 12.9. The van der Waals surface area contributed by atoms with E-state index in [1.54, 1.807) is 46.0 Å². The highest BCUT2D eigenvalue weighted by Crippen LogP contribution is 2.11. The number of hydrogen-bond acceptors (Lipinski definition) is 5. The molecule has 0 aliphatic carbocycles. The van der Waals surface area contributed by atoms with E-state index < -0.39 is 5.91 Å². The molecule has 0 saturated carbocycles. The van der Waals surface area contributed by atoms with Gasteiger partial charge in [-0.3, -0.25) is 14.8 Å².